The van der Waals surface area contributed by atoms with Crippen molar-refractivity contribution in [2.45, 2.75) is 19.4 Å². The highest BCUT2D eigenvalue weighted by molar-refractivity contribution is 5.79. The molecule has 2 fully saturated rings. The molecule has 2 saturated heterocycles. The molecule has 8 heteroatoms. The number of benzene rings is 2. The number of para-hydroxylation sites is 1. The Balaban J connectivity index is 1.09. The molecule has 3 aromatic rings. The summed E-state index contributed by atoms with van der Waals surface area (Å²) in [6.07, 6.45) is 1.74. The molecule has 0 atom stereocenters. The number of carbonyl (C=O) groups is 1. The molecule has 8 nitrogen and oxygen atoms in total. The molecule has 178 valence electrons. The first-order valence-electron chi connectivity index (χ1n) is 12.0. The molecule has 2 aromatic carbocycles. The highest BCUT2D eigenvalue weighted by Crippen LogP contribution is 2.24. The van der Waals surface area contributed by atoms with Gasteiger partial charge < -0.3 is 19.1 Å². The third kappa shape index (κ3) is 5.07. The van der Waals surface area contributed by atoms with Crippen molar-refractivity contribution in [3.8, 4) is 17.1 Å². The Morgan fingerprint density at radius 1 is 0.971 bits per heavy atom. The maximum atomic E-state index is 13.1. The quantitative estimate of drug-likeness (QED) is 0.558. The van der Waals surface area contributed by atoms with Gasteiger partial charge in [-0.15, -0.1) is 0 Å². The molecular weight excluding hydrogens is 430 g/mol. The number of ether oxygens (including phenoxy) is 1. The van der Waals surface area contributed by atoms with Crippen LogP contribution in [0.3, 0.4) is 0 Å². The van der Waals surface area contributed by atoms with Crippen molar-refractivity contribution < 1.29 is 14.1 Å². The van der Waals surface area contributed by atoms with Crippen molar-refractivity contribution in [3.63, 3.8) is 0 Å². The average molecular weight is 462 g/mol. The van der Waals surface area contributed by atoms with E-state index in [0.717, 1.165) is 63.4 Å². The highest BCUT2D eigenvalue weighted by Gasteiger charge is 2.31. The van der Waals surface area contributed by atoms with Gasteiger partial charge in [0.15, 0.2) is 0 Å². The van der Waals surface area contributed by atoms with Crippen LogP contribution in [0, 0.1) is 5.92 Å². The first-order chi connectivity index (χ1) is 16.7. The lowest BCUT2D eigenvalue weighted by molar-refractivity contribution is -0.137. The van der Waals surface area contributed by atoms with Crippen LogP contribution in [0.15, 0.2) is 59.1 Å². The number of nitrogens with zero attached hydrogens (tertiary/aromatic N) is 5. The fourth-order valence-corrected chi connectivity index (χ4v) is 4.79. The SMILES string of the molecule is COc1ccc(-c2noc(CN3CCC(C(=O)N4CCN(c5ccccc5)CC4)CC3)n2)cc1. The lowest BCUT2D eigenvalue weighted by atomic mass is 9.95. The van der Waals surface area contributed by atoms with E-state index in [1.165, 1.54) is 5.69 Å². The second-order valence-electron chi connectivity index (χ2n) is 8.94. The number of likely N-dealkylation sites (tertiary alicyclic amines) is 1. The maximum absolute atomic E-state index is 13.1. The van der Waals surface area contributed by atoms with Gasteiger partial charge in [-0.05, 0) is 62.3 Å². The molecule has 0 bridgehead atoms. The number of amides is 1. The Hall–Kier alpha value is -3.39. The minimum absolute atomic E-state index is 0.108. The number of methoxy groups -OCH3 is 1. The van der Waals surface area contributed by atoms with Crippen molar-refractivity contribution >= 4 is 11.6 Å². The van der Waals surface area contributed by atoms with Crippen molar-refractivity contribution in [2.75, 3.05) is 51.3 Å². The average Bonchev–Trinajstić information content (AvgIpc) is 3.38. The highest BCUT2D eigenvalue weighted by atomic mass is 16.5. The first kappa shape index (κ1) is 22.4. The molecule has 0 radical (unpaired) electrons. The van der Waals surface area contributed by atoms with Gasteiger partial charge in [-0.25, -0.2) is 0 Å². The monoisotopic (exact) mass is 461 g/mol. The van der Waals surface area contributed by atoms with Crippen molar-refractivity contribution in [2.24, 2.45) is 5.92 Å². The maximum Gasteiger partial charge on any atom is 0.241 e. The summed E-state index contributed by atoms with van der Waals surface area (Å²) in [4.78, 5) is 24.4. The molecule has 3 heterocycles. The predicted octanol–water partition coefficient (Wildman–Crippen LogP) is 3.31. The van der Waals surface area contributed by atoms with Crippen molar-refractivity contribution in [1.82, 2.24) is 19.9 Å². The van der Waals surface area contributed by atoms with Crippen LogP contribution in [0.4, 0.5) is 5.69 Å². The first-order valence-corrected chi connectivity index (χ1v) is 12.0. The van der Waals surface area contributed by atoms with E-state index in [-0.39, 0.29) is 5.92 Å². The van der Waals surface area contributed by atoms with E-state index in [1.807, 2.05) is 30.3 Å². The number of carbonyl (C=O) groups excluding carboxylic acids is 1. The molecule has 1 aromatic heterocycles. The van der Waals surface area contributed by atoms with E-state index in [2.05, 4.69) is 49.1 Å². The number of piperazine rings is 1. The summed E-state index contributed by atoms with van der Waals surface area (Å²) < 4.78 is 10.7. The number of anilines is 1. The molecule has 0 unspecified atom stereocenters. The van der Waals surface area contributed by atoms with E-state index in [0.29, 0.717) is 24.2 Å². The van der Waals surface area contributed by atoms with Crippen LogP contribution in [-0.2, 0) is 11.3 Å². The fraction of sp³-hybridized carbons (Fsp3) is 0.423. The topological polar surface area (TPSA) is 74.9 Å². The van der Waals surface area contributed by atoms with Crippen LogP contribution in [0.25, 0.3) is 11.4 Å². The lowest BCUT2D eigenvalue weighted by Crippen LogP contribution is -2.51. The van der Waals surface area contributed by atoms with E-state index in [9.17, 15) is 4.79 Å². The van der Waals surface area contributed by atoms with Gasteiger partial charge in [-0.1, -0.05) is 23.4 Å². The van der Waals surface area contributed by atoms with Gasteiger partial charge in [0.2, 0.25) is 17.6 Å². The van der Waals surface area contributed by atoms with Gasteiger partial charge in [0, 0.05) is 43.3 Å². The Labute approximate surface area is 200 Å². The smallest absolute Gasteiger partial charge is 0.241 e. The summed E-state index contributed by atoms with van der Waals surface area (Å²) in [6.45, 7) is 5.71. The third-order valence-electron chi connectivity index (χ3n) is 6.82. The van der Waals surface area contributed by atoms with Crippen LogP contribution < -0.4 is 9.64 Å². The number of rotatable bonds is 6. The zero-order chi connectivity index (χ0) is 23.3. The molecule has 2 aliphatic heterocycles. The second-order valence-corrected chi connectivity index (χ2v) is 8.94. The summed E-state index contributed by atoms with van der Waals surface area (Å²) in [5.41, 5.74) is 2.13. The third-order valence-corrected chi connectivity index (χ3v) is 6.82. The molecule has 0 saturated carbocycles. The largest absolute Gasteiger partial charge is 0.497 e. The van der Waals surface area contributed by atoms with Gasteiger partial charge in [-0.2, -0.15) is 4.98 Å². The fourth-order valence-electron chi connectivity index (χ4n) is 4.79. The summed E-state index contributed by atoms with van der Waals surface area (Å²) >= 11 is 0. The van der Waals surface area contributed by atoms with Gasteiger partial charge in [0.1, 0.15) is 5.75 Å². The van der Waals surface area contributed by atoms with Crippen LogP contribution in [0.2, 0.25) is 0 Å². The molecule has 0 spiro atoms. The molecule has 2 aliphatic rings. The molecule has 1 amide bonds. The van der Waals surface area contributed by atoms with E-state index in [4.69, 9.17) is 9.26 Å². The van der Waals surface area contributed by atoms with Gasteiger partial charge >= 0.3 is 0 Å². The standard InChI is InChI=1S/C26H31N5O3/c1-33-23-9-7-20(8-10-23)25-27-24(34-28-25)19-29-13-11-21(12-14-29)26(32)31-17-15-30(16-18-31)22-5-3-2-4-6-22/h2-10,21H,11-19H2,1H3. The van der Waals surface area contributed by atoms with Gasteiger partial charge in [-0.3, -0.25) is 9.69 Å². The molecule has 0 N–H and O–H groups in total. The summed E-state index contributed by atoms with van der Waals surface area (Å²) in [6, 6.07) is 18.0. The van der Waals surface area contributed by atoms with E-state index >= 15 is 0 Å². The van der Waals surface area contributed by atoms with E-state index < -0.39 is 0 Å². The second kappa shape index (κ2) is 10.3. The van der Waals surface area contributed by atoms with Gasteiger partial charge in [0.05, 0.1) is 13.7 Å². The van der Waals surface area contributed by atoms with E-state index in [1.54, 1.807) is 7.11 Å². The Bertz CT molecular complexity index is 1070. The Morgan fingerprint density at radius 2 is 1.68 bits per heavy atom. The molecule has 34 heavy (non-hydrogen) atoms. The normalized spacial score (nSPS) is 17.7. The van der Waals surface area contributed by atoms with Gasteiger partial charge in [0.25, 0.3) is 0 Å². The molecular formula is C26H31N5O3. The molecule has 5 rings (SSSR count). The zero-order valence-corrected chi connectivity index (χ0v) is 19.6. The number of piperidine rings is 1. The van der Waals surface area contributed by atoms with Crippen LogP contribution in [0.5, 0.6) is 5.75 Å². The van der Waals surface area contributed by atoms with Crippen LogP contribution >= 0.6 is 0 Å². The zero-order valence-electron chi connectivity index (χ0n) is 19.6. The number of hydrogen-bond donors (Lipinski definition) is 0. The number of aromatic nitrogens is 2. The summed E-state index contributed by atoms with van der Waals surface area (Å²) in [5, 5.41) is 4.12. The Morgan fingerprint density at radius 3 is 2.35 bits per heavy atom. The lowest BCUT2D eigenvalue weighted by Gasteiger charge is -2.39. The minimum atomic E-state index is 0.108. The Kier molecular flexibility index (Phi) is 6.76. The predicted molar refractivity (Wildman–Crippen MR) is 130 cm³/mol. The summed E-state index contributed by atoms with van der Waals surface area (Å²) in [5.74, 6) is 2.40. The number of hydrogen-bond acceptors (Lipinski definition) is 7. The van der Waals surface area contributed by atoms with Crippen molar-refractivity contribution in [3.05, 3.63) is 60.5 Å². The summed E-state index contributed by atoms with van der Waals surface area (Å²) in [7, 11) is 1.64. The minimum Gasteiger partial charge on any atom is -0.497 e. The van der Waals surface area contributed by atoms with Crippen LogP contribution in [-0.4, -0.2) is 72.2 Å². The van der Waals surface area contributed by atoms with Crippen LogP contribution in [0.1, 0.15) is 18.7 Å². The molecule has 0 aliphatic carbocycles. The van der Waals surface area contributed by atoms with Crippen molar-refractivity contribution in [1.29, 1.82) is 0 Å².